The average Bonchev–Trinajstić information content (AvgIpc) is 3.34. The van der Waals surface area contributed by atoms with E-state index in [0.29, 0.717) is 17.9 Å². The van der Waals surface area contributed by atoms with Crippen LogP contribution >= 0.6 is 11.8 Å². The van der Waals surface area contributed by atoms with E-state index in [4.69, 9.17) is 9.15 Å². The van der Waals surface area contributed by atoms with E-state index in [2.05, 4.69) is 23.1 Å². The maximum Gasteiger partial charge on any atom is 0.337 e. The standard InChI is InChI=1S/C27H28N2O4S/c1-32-27(31)20-7-5-19(6-8-20)16-29-23-15-21(9-12-25(23)34-18-26(29)30)24-11-10-22(33-24)17-28-13-3-2-4-14-28/h5-12,15H,2-4,13-14,16-18H2,1H3. The van der Waals surface area contributed by atoms with Gasteiger partial charge in [0.25, 0.3) is 0 Å². The maximum absolute atomic E-state index is 12.9. The number of furan rings is 1. The maximum atomic E-state index is 12.9. The predicted octanol–water partition coefficient (Wildman–Crippen LogP) is 5.36. The van der Waals surface area contributed by atoms with Crippen molar-refractivity contribution in [1.29, 1.82) is 0 Å². The largest absolute Gasteiger partial charge is 0.465 e. The van der Waals surface area contributed by atoms with Crippen molar-refractivity contribution < 1.29 is 18.7 Å². The van der Waals surface area contributed by atoms with E-state index in [1.807, 2.05) is 29.2 Å². The molecule has 3 aromatic rings. The highest BCUT2D eigenvalue weighted by atomic mass is 32.2. The van der Waals surface area contributed by atoms with Crippen molar-refractivity contribution in [2.45, 2.75) is 37.2 Å². The first kappa shape index (κ1) is 22.7. The van der Waals surface area contributed by atoms with Gasteiger partial charge in [-0.25, -0.2) is 4.79 Å². The molecule has 34 heavy (non-hydrogen) atoms. The van der Waals surface area contributed by atoms with E-state index < -0.39 is 0 Å². The normalized spacial score (nSPS) is 16.4. The molecule has 0 bridgehead atoms. The summed E-state index contributed by atoms with van der Waals surface area (Å²) in [5.41, 5.74) is 3.30. The van der Waals surface area contributed by atoms with Gasteiger partial charge in [-0.05, 0) is 74.0 Å². The van der Waals surface area contributed by atoms with Crippen LogP contribution in [-0.2, 0) is 22.6 Å². The van der Waals surface area contributed by atoms with Crippen molar-refractivity contribution in [2.75, 3.05) is 30.9 Å². The summed E-state index contributed by atoms with van der Waals surface area (Å²) in [6.45, 7) is 3.54. The minimum Gasteiger partial charge on any atom is -0.465 e. The monoisotopic (exact) mass is 476 g/mol. The van der Waals surface area contributed by atoms with Gasteiger partial charge in [0.1, 0.15) is 11.5 Å². The van der Waals surface area contributed by atoms with Crippen LogP contribution in [0.25, 0.3) is 11.3 Å². The molecule has 5 rings (SSSR count). The smallest absolute Gasteiger partial charge is 0.337 e. The van der Waals surface area contributed by atoms with Crippen molar-refractivity contribution in [3.05, 3.63) is 71.5 Å². The molecule has 2 aliphatic rings. The Balaban J connectivity index is 1.36. The molecule has 0 spiro atoms. The lowest BCUT2D eigenvalue weighted by Gasteiger charge is -2.29. The number of anilines is 1. The first-order valence-corrected chi connectivity index (χ1v) is 12.7. The Morgan fingerprint density at radius 3 is 2.56 bits per heavy atom. The van der Waals surface area contributed by atoms with Crippen molar-refractivity contribution >= 4 is 29.3 Å². The summed E-state index contributed by atoms with van der Waals surface area (Å²) in [4.78, 5) is 29.9. The fourth-order valence-electron chi connectivity index (χ4n) is 4.53. The molecule has 0 atom stereocenters. The second-order valence-electron chi connectivity index (χ2n) is 8.74. The zero-order valence-electron chi connectivity index (χ0n) is 19.3. The van der Waals surface area contributed by atoms with Gasteiger partial charge in [0.05, 0.1) is 37.2 Å². The molecule has 6 nitrogen and oxygen atoms in total. The summed E-state index contributed by atoms with van der Waals surface area (Å²) in [5, 5.41) is 0. The Bertz CT molecular complexity index is 1180. The number of carbonyl (C=O) groups is 2. The summed E-state index contributed by atoms with van der Waals surface area (Å²) >= 11 is 1.56. The third-order valence-electron chi connectivity index (χ3n) is 6.39. The number of nitrogens with zero attached hydrogens (tertiary/aromatic N) is 2. The summed E-state index contributed by atoms with van der Waals surface area (Å²) < 4.78 is 11.0. The average molecular weight is 477 g/mol. The topological polar surface area (TPSA) is 63.0 Å². The molecule has 0 aliphatic carbocycles. The molecule has 0 unspecified atom stereocenters. The number of hydrogen-bond acceptors (Lipinski definition) is 6. The van der Waals surface area contributed by atoms with Crippen molar-refractivity contribution in [3.8, 4) is 11.3 Å². The van der Waals surface area contributed by atoms with E-state index in [0.717, 1.165) is 52.9 Å². The number of esters is 1. The van der Waals surface area contributed by atoms with Gasteiger partial charge in [-0.1, -0.05) is 18.6 Å². The lowest BCUT2D eigenvalue weighted by atomic mass is 10.1. The molecular formula is C27H28N2O4S. The highest BCUT2D eigenvalue weighted by Gasteiger charge is 2.26. The Labute approximate surface area is 203 Å². The molecule has 3 heterocycles. The zero-order chi connectivity index (χ0) is 23.5. The molecule has 176 valence electrons. The molecule has 2 aliphatic heterocycles. The van der Waals surface area contributed by atoms with Crippen molar-refractivity contribution in [3.63, 3.8) is 0 Å². The van der Waals surface area contributed by atoms with Gasteiger partial charge in [0, 0.05) is 10.5 Å². The second kappa shape index (κ2) is 10.1. The SMILES string of the molecule is COC(=O)c1ccc(CN2C(=O)CSc3ccc(-c4ccc(CN5CCCCC5)o4)cc32)cc1. The van der Waals surface area contributed by atoms with Gasteiger partial charge in [-0.3, -0.25) is 9.69 Å². The van der Waals surface area contributed by atoms with Gasteiger partial charge >= 0.3 is 5.97 Å². The molecular weight excluding hydrogens is 448 g/mol. The van der Waals surface area contributed by atoms with E-state index in [1.165, 1.54) is 26.4 Å². The first-order valence-electron chi connectivity index (χ1n) is 11.7. The highest BCUT2D eigenvalue weighted by molar-refractivity contribution is 8.00. The number of carbonyl (C=O) groups excluding carboxylic acids is 2. The summed E-state index contributed by atoms with van der Waals surface area (Å²) in [5.74, 6) is 1.90. The molecule has 1 aromatic heterocycles. The van der Waals surface area contributed by atoms with Crippen LogP contribution in [0.5, 0.6) is 0 Å². The number of benzene rings is 2. The van der Waals surface area contributed by atoms with Crippen LogP contribution < -0.4 is 4.90 Å². The van der Waals surface area contributed by atoms with Gasteiger partial charge in [-0.15, -0.1) is 11.8 Å². The van der Waals surface area contributed by atoms with Gasteiger partial charge < -0.3 is 14.1 Å². The van der Waals surface area contributed by atoms with Crippen LogP contribution in [0.2, 0.25) is 0 Å². The van der Waals surface area contributed by atoms with E-state index >= 15 is 0 Å². The third-order valence-corrected chi connectivity index (χ3v) is 7.44. The summed E-state index contributed by atoms with van der Waals surface area (Å²) in [7, 11) is 1.37. The molecule has 1 fully saturated rings. The number of amides is 1. The van der Waals surface area contributed by atoms with Crippen LogP contribution in [-0.4, -0.2) is 42.7 Å². The minimum absolute atomic E-state index is 0.0666. The summed E-state index contributed by atoms with van der Waals surface area (Å²) in [6, 6.07) is 17.5. The number of piperidine rings is 1. The van der Waals surface area contributed by atoms with Crippen molar-refractivity contribution in [2.24, 2.45) is 0 Å². The Hall–Kier alpha value is -3.03. The minimum atomic E-state index is -0.370. The molecule has 2 aromatic carbocycles. The fraction of sp³-hybridized carbons (Fsp3) is 0.333. The molecule has 7 heteroatoms. The van der Waals surface area contributed by atoms with E-state index in [-0.39, 0.29) is 11.9 Å². The third kappa shape index (κ3) is 4.91. The number of methoxy groups -OCH3 is 1. The number of rotatable bonds is 6. The first-order chi connectivity index (χ1) is 16.6. The van der Waals surface area contributed by atoms with Gasteiger partial charge in [0.15, 0.2) is 0 Å². The van der Waals surface area contributed by atoms with Crippen LogP contribution in [0.1, 0.15) is 40.9 Å². The number of thioether (sulfide) groups is 1. The van der Waals surface area contributed by atoms with Crippen LogP contribution in [0.15, 0.2) is 63.9 Å². The Kier molecular flexibility index (Phi) is 6.74. The highest BCUT2D eigenvalue weighted by Crippen LogP contribution is 2.39. The number of likely N-dealkylation sites (tertiary alicyclic amines) is 1. The van der Waals surface area contributed by atoms with Crippen molar-refractivity contribution in [1.82, 2.24) is 4.90 Å². The fourth-order valence-corrected chi connectivity index (χ4v) is 5.45. The van der Waals surface area contributed by atoms with Crippen LogP contribution in [0.3, 0.4) is 0 Å². The van der Waals surface area contributed by atoms with Gasteiger partial charge in [0.2, 0.25) is 5.91 Å². The van der Waals surface area contributed by atoms with E-state index in [9.17, 15) is 9.59 Å². The quantitative estimate of drug-likeness (QED) is 0.447. The molecule has 0 radical (unpaired) electrons. The van der Waals surface area contributed by atoms with Crippen LogP contribution in [0, 0.1) is 0 Å². The van der Waals surface area contributed by atoms with Gasteiger partial charge in [-0.2, -0.15) is 0 Å². The molecule has 1 amide bonds. The predicted molar refractivity (Wildman–Crippen MR) is 133 cm³/mol. The number of hydrogen-bond donors (Lipinski definition) is 0. The number of ether oxygens (including phenoxy) is 1. The second-order valence-corrected chi connectivity index (χ2v) is 9.76. The van der Waals surface area contributed by atoms with Crippen LogP contribution in [0.4, 0.5) is 5.69 Å². The van der Waals surface area contributed by atoms with E-state index in [1.54, 1.807) is 23.9 Å². The Morgan fingerprint density at radius 1 is 1.00 bits per heavy atom. The summed E-state index contributed by atoms with van der Waals surface area (Å²) in [6.07, 6.45) is 3.83. The molecule has 0 N–H and O–H groups in total. The lowest BCUT2D eigenvalue weighted by Crippen LogP contribution is -2.34. The number of fused-ring (bicyclic) bond motifs is 1. The molecule has 1 saturated heterocycles. The molecule has 0 saturated carbocycles. The Morgan fingerprint density at radius 2 is 1.79 bits per heavy atom. The zero-order valence-corrected chi connectivity index (χ0v) is 20.1. The lowest BCUT2D eigenvalue weighted by molar-refractivity contribution is -0.116.